The molecule has 0 radical (unpaired) electrons. The van der Waals surface area contributed by atoms with E-state index in [0.717, 1.165) is 0 Å². The standard InChI is InChI=1S/C26H40N6O8/c1-14(33)29-5-3-17(4-6-29)32-12-16-9-18(32)26(39)30-7-8-31(15(2)34)19(13-30)25(38)27-11-21-24(37)23(36)20(40-21)10-22(35)28-16/h16-21,23-24,36-37H,3-13H2,1-2H3,(H,27,38)(H,28,35)/t16-,18-,19-,20-,21+,23-,24+/m0/s1. The number of likely N-dealkylation sites (tertiary alicyclic amines) is 2. The van der Waals surface area contributed by atoms with Crippen LogP contribution in [0.25, 0.3) is 0 Å². The van der Waals surface area contributed by atoms with Gasteiger partial charge in [-0.1, -0.05) is 0 Å². The molecule has 0 aromatic rings. The van der Waals surface area contributed by atoms with Crippen molar-refractivity contribution in [2.45, 2.75) is 88.1 Å². The minimum absolute atomic E-state index is 0.0198. The van der Waals surface area contributed by atoms with Crippen LogP contribution in [0.2, 0.25) is 0 Å². The summed E-state index contributed by atoms with van der Waals surface area (Å²) < 4.78 is 5.76. The molecule has 14 nitrogen and oxygen atoms in total. The van der Waals surface area contributed by atoms with Crippen LogP contribution in [-0.4, -0.2) is 154 Å². The van der Waals surface area contributed by atoms with Gasteiger partial charge in [0.2, 0.25) is 29.5 Å². The second-order valence-corrected chi connectivity index (χ2v) is 11.6. The van der Waals surface area contributed by atoms with E-state index >= 15 is 0 Å². The maximum absolute atomic E-state index is 14.0. The smallest absolute Gasteiger partial charge is 0.244 e. The van der Waals surface area contributed by atoms with Gasteiger partial charge in [0.1, 0.15) is 24.4 Å². The molecule has 5 aliphatic rings. The number of hydrogen-bond acceptors (Lipinski definition) is 9. The Morgan fingerprint density at radius 1 is 0.900 bits per heavy atom. The van der Waals surface area contributed by atoms with Crippen LogP contribution in [-0.2, 0) is 28.7 Å². The molecule has 40 heavy (non-hydrogen) atoms. The molecule has 5 amide bonds. The van der Waals surface area contributed by atoms with Crippen LogP contribution < -0.4 is 10.6 Å². The summed E-state index contributed by atoms with van der Waals surface area (Å²) in [6.07, 6.45) is -2.87. The van der Waals surface area contributed by atoms with Crippen LogP contribution in [0, 0.1) is 0 Å². The molecule has 7 atom stereocenters. The summed E-state index contributed by atoms with van der Waals surface area (Å²) in [6.45, 7) is 4.94. The molecule has 0 aromatic carbocycles. The lowest BCUT2D eigenvalue weighted by Crippen LogP contribution is -2.63. The fourth-order valence-electron chi connectivity index (χ4n) is 6.87. The number of piperidine rings is 1. The first-order valence-electron chi connectivity index (χ1n) is 14.2. The Hall–Kier alpha value is -2.81. The number of fused-ring (bicyclic) bond motifs is 6. The largest absolute Gasteiger partial charge is 0.388 e. The molecule has 222 valence electrons. The molecule has 4 N–H and O–H groups in total. The van der Waals surface area contributed by atoms with E-state index in [4.69, 9.17) is 4.74 Å². The Morgan fingerprint density at radius 3 is 2.27 bits per heavy atom. The van der Waals surface area contributed by atoms with Gasteiger partial charge in [-0.25, -0.2) is 0 Å². The van der Waals surface area contributed by atoms with E-state index in [1.165, 1.54) is 11.8 Å². The zero-order chi connectivity index (χ0) is 28.7. The second-order valence-electron chi connectivity index (χ2n) is 11.6. The maximum atomic E-state index is 14.0. The van der Waals surface area contributed by atoms with Gasteiger partial charge in [0.15, 0.2) is 0 Å². The summed E-state index contributed by atoms with van der Waals surface area (Å²) in [5.74, 6) is -1.24. The minimum Gasteiger partial charge on any atom is -0.388 e. The van der Waals surface area contributed by atoms with Crippen LogP contribution in [0.1, 0.15) is 39.5 Å². The highest BCUT2D eigenvalue weighted by Gasteiger charge is 2.48. The number of aliphatic hydroxyl groups excluding tert-OH is 2. The maximum Gasteiger partial charge on any atom is 0.244 e. The molecular weight excluding hydrogens is 524 g/mol. The summed E-state index contributed by atoms with van der Waals surface area (Å²) in [7, 11) is 0. The molecule has 0 unspecified atom stereocenters. The Kier molecular flexibility index (Phi) is 8.32. The first-order valence-corrected chi connectivity index (χ1v) is 14.2. The first-order chi connectivity index (χ1) is 19.0. The lowest BCUT2D eigenvalue weighted by molar-refractivity contribution is -0.150. The molecule has 0 aliphatic carbocycles. The molecule has 0 spiro atoms. The average molecular weight is 565 g/mol. The summed E-state index contributed by atoms with van der Waals surface area (Å²) in [5.41, 5.74) is 0. The molecule has 5 rings (SSSR count). The highest BCUT2D eigenvalue weighted by atomic mass is 16.5. The number of rotatable bonds is 1. The van der Waals surface area contributed by atoms with Crippen molar-refractivity contribution in [2.75, 3.05) is 45.8 Å². The SMILES string of the molecule is CC(=O)N1CCC(N2C[C@@H]3C[C@H]2C(=O)N2CCN(C(C)=O)[C@@H](C2)C(=O)NC[C@H]2O[C@@H](CC(=O)N3)[C@H](O)[C@@H]2O)CC1. The van der Waals surface area contributed by atoms with Crippen molar-refractivity contribution in [1.82, 2.24) is 30.2 Å². The minimum atomic E-state index is -1.30. The third-order valence-electron chi connectivity index (χ3n) is 9.09. The van der Waals surface area contributed by atoms with Gasteiger partial charge in [-0.05, 0) is 19.3 Å². The lowest BCUT2D eigenvalue weighted by Gasteiger charge is -2.43. The summed E-state index contributed by atoms with van der Waals surface area (Å²) >= 11 is 0. The molecule has 14 heteroatoms. The topological polar surface area (TPSA) is 172 Å². The number of amides is 5. The molecule has 5 heterocycles. The second kappa shape index (κ2) is 11.6. The van der Waals surface area contributed by atoms with E-state index in [9.17, 15) is 34.2 Å². The molecule has 0 saturated carbocycles. The van der Waals surface area contributed by atoms with E-state index in [2.05, 4.69) is 15.5 Å². The molecular formula is C26H40N6O8. The van der Waals surface area contributed by atoms with E-state index in [1.807, 2.05) is 0 Å². The van der Waals surface area contributed by atoms with Crippen molar-refractivity contribution in [2.24, 2.45) is 0 Å². The Labute approximate surface area is 232 Å². The van der Waals surface area contributed by atoms with Crippen LogP contribution in [0.4, 0.5) is 0 Å². The van der Waals surface area contributed by atoms with E-state index in [-0.39, 0.29) is 68.3 Å². The highest BCUT2D eigenvalue weighted by molar-refractivity contribution is 5.89. The molecule has 5 aliphatic heterocycles. The van der Waals surface area contributed by atoms with Crippen molar-refractivity contribution in [3.05, 3.63) is 0 Å². The Morgan fingerprint density at radius 2 is 1.60 bits per heavy atom. The quantitative estimate of drug-likeness (QED) is 0.254. The third-order valence-corrected chi connectivity index (χ3v) is 9.09. The summed E-state index contributed by atoms with van der Waals surface area (Å²) in [6, 6.07) is -1.72. The number of ether oxygens (including phenoxy) is 1. The molecule has 5 fully saturated rings. The zero-order valence-electron chi connectivity index (χ0n) is 23.0. The van der Waals surface area contributed by atoms with Gasteiger partial charge in [0.05, 0.1) is 25.1 Å². The summed E-state index contributed by atoms with van der Waals surface area (Å²) in [4.78, 5) is 71.4. The van der Waals surface area contributed by atoms with Gasteiger partial charge < -0.3 is 40.3 Å². The molecule has 5 saturated heterocycles. The van der Waals surface area contributed by atoms with Gasteiger partial charge in [0.25, 0.3) is 0 Å². The first kappa shape index (κ1) is 28.7. The number of nitrogens with one attached hydrogen (secondary N) is 2. The van der Waals surface area contributed by atoms with Gasteiger partial charge in [0, 0.05) is 65.2 Å². The van der Waals surface area contributed by atoms with Crippen LogP contribution in [0.15, 0.2) is 0 Å². The fourth-order valence-corrected chi connectivity index (χ4v) is 6.87. The average Bonchev–Trinajstić information content (AvgIpc) is 3.46. The number of carbonyl (C=O) groups excluding carboxylic acids is 5. The Balaban J connectivity index is 1.41. The van der Waals surface area contributed by atoms with E-state index < -0.39 is 42.4 Å². The van der Waals surface area contributed by atoms with Gasteiger partial charge >= 0.3 is 0 Å². The number of hydrogen-bond donors (Lipinski definition) is 4. The van der Waals surface area contributed by atoms with E-state index in [0.29, 0.717) is 38.9 Å². The normalized spacial score (nSPS) is 36.5. The van der Waals surface area contributed by atoms with Crippen molar-refractivity contribution in [3.63, 3.8) is 0 Å². The number of piperazine rings is 1. The van der Waals surface area contributed by atoms with Crippen molar-refractivity contribution in [1.29, 1.82) is 0 Å². The number of nitrogens with zero attached hydrogens (tertiary/aromatic N) is 4. The molecule has 6 bridgehead atoms. The predicted octanol–water partition coefficient (Wildman–Crippen LogP) is -3.38. The molecule has 0 aromatic heterocycles. The van der Waals surface area contributed by atoms with Gasteiger partial charge in [-0.3, -0.25) is 28.9 Å². The Bertz CT molecular complexity index is 1030. The van der Waals surface area contributed by atoms with Gasteiger partial charge in [-0.15, -0.1) is 0 Å². The summed E-state index contributed by atoms with van der Waals surface area (Å²) in [5, 5.41) is 26.7. The van der Waals surface area contributed by atoms with Crippen molar-refractivity contribution < 1.29 is 38.9 Å². The van der Waals surface area contributed by atoms with Crippen LogP contribution in [0.5, 0.6) is 0 Å². The zero-order valence-corrected chi connectivity index (χ0v) is 23.0. The van der Waals surface area contributed by atoms with Gasteiger partial charge in [-0.2, -0.15) is 0 Å². The highest BCUT2D eigenvalue weighted by Crippen LogP contribution is 2.30. The van der Waals surface area contributed by atoms with Crippen molar-refractivity contribution >= 4 is 29.5 Å². The third kappa shape index (κ3) is 5.67. The van der Waals surface area contributed by atoms with Crippen LogP contribution >= 0.6 is 0 Å². The predicted molar refractivity (Wildman–Crippen MR) is 138 cm³/mol. The number of aliphatic hydroxyl groups is 2. The number of carbonyl (C=O) groups is 5. The monoisotopic (exact) mass is 564 g/mol. The lowest BCUT2D eigenvalue weighted by atomic mass is 10.0. The van der Waals surface area contributed by atoms with Crippen LogP contribution in [0.3, 0.4) is 0 Å². The van der Waals surface area contributed by atoms with Crippen molar-refractivity contribution in [3.8, 4) is 0 Å². The fraction of sp³-hybridized carbons (Fsp3) is 0.808. The van der Waals surface area contributed by atoms with E-state index in [1.54, 1.807) is 16.7 Å².